The van der Waals surface area contributed by atoms with Crippen LogP contribution < -0.4 is 16.4 Å². The Kier molecular flexibility index (Phi) is 3.25. The van der Waals surface area contributed by atoms with Gasteiger partial charge in [-0.3, -0.25) is 9.59 Å². The standard InChI is InChI=1S/C8H15N3O2/c1-5(12)10-4-8(13)11-7-2-6(9)3-7/h6-7H,2-4,9H2,1H3,(H,10,12)(H,11,13). The fourth-order valence-corrected chi connectivity index (χ4v) is 1.26. The Labute approximate surface area is 77.1 Å². The molecule has 0 unspecified atom stereocenters. The van der Waals surface area contributed by atoms with Crippen molar-refractivity contribution in [1.82, 2.24) is 10.6 Å². The largest absolute Gasteiger partial charge is 0.352 e. The smallest absolute Gasteiger partial charge is 0.239 e. The van der Waals surface area contributed by atoms with E-state index in [1.165, 1.54) is 6.92 Å². The van der Waals surface area contributed by atoms with Crippen LogP contribution in [0.4, 0.5) is 0 Å². The lowest BCUT2D eigenvalue weighted by atomic mass is 9.88. The number of hydrogen-bond acceptors (Lipinski definition) is 3. The minimum atomic E-state index is -0.194. The van der Waals surface area contributed by atoms with Crippen LogP contribution in [-0.4, -0.2) is 30.4 Å². The van der Waals surface area contributed by atoms with Crippen LogP contribution in [0, 0.1) is 0 Å². The topological polar surface area (TPSA) is 84.2 Å². The molecule has 1 rings (SSSR count). The molecule has 5 nitrogen and oxygen atoms in total. The molecule has 0 radical (unpaired) electrons. The number of amides is 2. The summed E-state index contributed by atoms with van der Waals surface area (Å²) in [4.78, 5) is 21.5. The molecular formula is C8H15N3O2. The summed E-state index contributed by atoms with van der Waals surface area (Å²) in [6.45, 7) is 1.44. The van der Waals surface area contributed by atoms with E-state index < -0.39 is 0 Å². The summed E-state index contributed by atoms with van der Waals surface area (Å²) in [6, 6.07) is 0.433. The van der Waals surface area contributed by atoms with Crippen LogP contribution >= 0.6 is 0 Å². The summed E-state index contributed by atoms with van der Waals surface area (Å²) in [6.07, 6.45) is 1.68. The van der Waals surface area contributed by atoms with E-state index in [0.29, 0.717) is 0 Å². The first-order valence-corrected chi connectivity index (χ1v) is 4.37. The third-order valence-corrected chi connectivity index (χ3v) is 2.04. The quantitative estimate of drug-likeness (QED) is 0.512. The van der Waals surface area contributed by atoms with Gasteiger partial charge in [0.1, 0.15) is 0 Å². The van der Waals surface area contributed by atoms with Gasteiger partial charge in [-0.15, -0.1) is 0 Å². The maximum absolute atomic E-state index is 11.1. The predicted molar refractivity (Wildman–Crippen MR) is 47.8 cm³/mol. The zero-order chi connectivity index (χ0) is 9.84. The van der Waals surface area contributed by atoms with Crippen molar-refractivity contribution < 1.29 is 9.59 Å². The Morgan fingerprint density at radius 1 is 1.46 bits per heavy atom. The molecule has 1 fully saturated rings. The van der Waals surface area contributed by atoms with Gasteiger partial charge in [0.05, 0.1) is 6.54 Å². The van der Waals surface area contributed by atoms with Crippen molar-refractivity contribution in [3.05, 3.63) is 0 Å². The van der Waals surface area contributed by atoms with Gasteiger partial charge >= 0.3 is 0 Å². The first-order chi connectivity index (χ1) is 6.08. The van der Waals surface area contributed by atoms with Gasteiger partial charge in [0, 0.05) is 19.0 Å². The number of nitrogens with two attached hydrogens (primary N) is 1. The molecule has 2 amide bonds. The van der Waals surface area contributed by atoms with Gasteiger partial charge in [0.25, 0.3) is 0 Å². The summed E-state index contributed by atoms with van der Waals surface area (Å²) in [5, 5.41) is 5.20. The number of carbonyl (C=O) groups excluding carboxylic acids is 2. The van der Waals surface area contributed by atoms with E-state index in [1.807, 2.05) is 0 Å². The van der Waals surface area contributed by atoms with Crippen LogP contribution in [-0.2, 0) is 9.59 Å². The predicted octanol–water partition coefficient (Wildman–Crippen LogP) is -1.27. The first-order valence-electron chi connectivity index (χ1n) is 4.37. The second kappa shape index (κ2) is 4.23. The molecule has 0 aromatic carbocycles. The van der Waals surface area contributed by atoms with Gasteiger partial charge < -0.3 is 16.4 Å². The monoisotopic (exact) mass is 185 g/mol. The van der Waals surface area contributed by atoms with Crippen molar-refractivity contribution in [1.29, 1.82) is 0 Å². The van der Waals surface area contributed by atoms with Gasteiger partial charge in [-0.05, 0) is 12.8 Å². The molecule has 4 N–H and O–H groups in total. The molecule has 0 heterocycles. The van der Waals surface area contributed by atoms with Crippen molar-refractivity contribution in [2.24, 2.45) is 5.73 Å². The highest BCUT2D eigenvalue weighted by molar-refractivity contribution is 5.83. The van der Waals surface area contributed by atoms with Crippen LogP contribution in [0.2, 0.25) is 0 Å². The molecule has 1 aliphatic rings. The lowest BCUT2D eigenvalue weighted by Gasteiger charge is -2.32. The van der Waals surface area contributed by atoms with E-state index in [1.54, 1.807) is 0 Å². The average Bonchev–Trinajstić information content (AvgIpc) is 1.98. The van der Waals surface area contributed by atoms with Crippen LogP contribution in [0.1, 0.15) is 19.8 Å². The maximum atomic E-state index is 11.1. The molecule has 13 heavy (non-hydrogen) atoms. The lowest BCUT2D eigenvalue weighted by molar-refractivity contribution is -0.125. The molecule has 0 atom stereocenters. The second-order valence-electron chi connectivity index (χ2n) is 3.41. The molecule has 1 aliphatic carbocycles. The lowest BCUT2D eigenvalue weighted by Crippen LogP contribution is -2.52. The number of nitrogens with one attached hydrogen (secondary N) is 2. The third kappa shape index (κ3) is 3.42. The molecule has 0 saturated heterocycles. The van der Waals surface area contributed by atoms with E-state index in [0.717, 1.165) is 12.8 Å². The van der Waals surface area contributed by atoms with Crippen molar-refractivity contribution in [3.8, 4) is 0 Å². The van der Waals surface area contributed by atoms with Gasteiger partial charge in [-0.25, -0.2) is 0 Å². The molecule has 0 aliphatic heterocycles. The summed E-state index contributed by atoms with van der Waals surface area (Å²) < 4.78 is 0. The molecule has 0 bridgehead atoms. The Morgan fingerprint density at radius 2 is 2.08 bits per heavy atom. The molecule has 5 heteroatoms. The number of hydrogen-bond donors (Lipinski definition) is 3. The molecule has 0 aromatic heterocycles. The van der Waals surface area contributed by atoms with Gasteiger partial charge in [0.2, 0.25) is 11.8 Å². The van der Waals surface area contributed by atoms with Crippen molar-refractivity contribution in [2.75, 3.05) is 6.54 Å². The first kappa shape index (κ1) is 9.98. The van der Waals surface area contributed by atoms with Gasteiger partial charge in [-0.2, -0.15) is 0 Å². The molecule has 0 aromatic rings. The van der Waals surface area contributed by atoms with E-state index in [2.05, 4.69) is 10.6 Å². The highest BCUT2D eigenvalue weighted by Gasteiger charge is 2.26. The summed E-state index contributed by atoms with van der Waals surface area (Å²) in [5.41, 5.74) is 5.55. The van der Waals surface area contributed by atoms with Gasteiger partial charge in [-0.1, -0.05) is 0 Å². The maximum Gasteiger partial charge on any atom is 0.239 e. The summed E-state index contributed by atoms with van der Waals surface area (Å²) >= 11 is 0. The van der Waals surface area contributed by atoms with Crippen LogP contribution in [0.3, 0.4) is 0 Å². The van der Waals surface area contributed by atoms with Crippen molar-refractivity contribution >= 4 is 11.8 Å². The van der Waals surface area contributed by atoms with Crippen molar-refractivity contribution in [2.45, 2.75) is 31.8 Å². The molecule has 74 valence electrons. The minimum Gasteiger partial charge on any atom is -0.352 e. The number of carbonyl (C=O) groups is 2. The van der Waals surface area contributed by atoms with E-state index in [4.69, 9.17) is 5.73 Å². The van der Waals surface area contributed by atoms with Crippen LogP contribution in [0.15, 0.2) is 0 Å². The molecule has 0 spiro atoms. The average molecular weight is 185 g/mol. The van der Waals surface area contributed by atoms with E-state index in [-0.39, 0.29) is 30.4 Å². The molecular weight excluding hydrogens is 170 g/mol. The molecule has 1 saturated carbocycles. The Hall–Kier alpha value is -1.10. The van der Waals surface area contributed by atoms with Gasteiger partial charge in [0.15, 0.2) is 0 Å². The second-order valence-corrected chi connectivity index (χ2v) is 3.41. The Morgan fingerprint density at radius 3 is 2.54 bits per heavy atom. The SMILES string of the molecule is CC(=O)NCC(=O)NC1CC(N)C1. The minimum absolute atomic E-state index is 0.0566. The Bertz CT molecular complexity index is 211. The fraction of sp³-hybridized carbons (Fsp3) is 0.750. The summed E-state index contributed by atoms with van der Waals surface area (Å²) in [5.74, 6) is -0.340. The van der Waals surface area contributed by atoms with Crippen molar-refractivity contribution in [3.63, 3.8) is 0 Å². The fourth-order valence-electron chi connectivity index (χ4n) is 1.26. The van der Waals surface area contributed by atoms with E-state index >= 15 is 0 Å². The van der Waals surface area contributed by atoms with Crippen LogP contribution in [0.25, 0.3) is 0 Å². The number of rotatable bonds is 3. The third-order valence-electron chi connectivity index (χ3n) is 2.04. The normalized spacial score (nSPS) is 26.0. The zero-order valence-corrected chi connectivity index (χ0v) is 7.67. The highest BCUT2D eigenvalue weighted by atomic mass is 16.2. The highest BCUT2D eigenvalue weighted by Crippen LogP contribution is 2.16. The summed E-state index contributed by atoms with van der Waals surface area (Å²) in [7, 11) is 0. The zero-order valence-electron chi connectivity index (χ0n) is 7.67. The van der Waals surface area contributed by atoms with Crippen LogP contribution in [0.5, 0.6) is 0 Å². The Balaban J connectivity index is 2.08. The van der Waals surface area contributed by atoms with E-state index in [9.17, 15) is 9.59 Å².